The highest BCUT2D eigenvalue weighted by molar-refractivity contribution is 7.13. The summed E-state index contributed by atoms with van der Waals surface area (Å²) >= 11 is 1.50. The maximum atomic E-state index is 12.3. The van der Waals surface area contributed by atoms with Crippen LogP contribution < -0.4 is 11.1 Å². The van der Waals surface area contributed by atoms with Crippen LogP contribution in [-0.4, -0.2) is 32.6 Å². The number of rotatable bonds is 5. The lowest BCUT2D eigenvalue weighted by Gasteiger charge is -2.07. The van der Waals surface area contributed by atoms with Gasteiger partial charge in [-0.25, -0.2) is 9.67 Å². The van der Waals surface area contributed by atoms with Crippen LogP contribution in [0, 0.1) is 0 Å². The van der Waals surface area contributed by atoms with Gasteiger partial charge in [0.1, 0.15) is 6.04 Å². The van der Waals surface area contributed by atoms with Gasteiger partial charge in [-0.05, 0) is 30.5 Å². The van der Waals surface area contributed by atoms with E-state index in [2.05, 4.69) is 15.4 Å². The summed E-state index contributed by atoms with van der Waals surface area (Å²) in [6, 6.07) is 12.4. The largest absolute Gasteiger partial charge is 0.368 e. The van der Waals surface area contributed by atoms with Crippen LogP contribution in [0.3, 0.4) is 0 Å². The summed E-state index contributed by atoms with van der Waals surface area (Å²) in [4.78, 5) is 28.6. The first-order chi connectivity index (χ1) is 11.6. The van der Waals surface area contributed by atoms with Crippen LogP contribution in [0.4, 0.5) is 0 Å². The second-order valence-corrected chi connectivity index (χ2v) is 6.03. The molecule has 3 aromatic rings. The standard InChI is InChI=1S/C16H15N5O2S/c1-10(13(17)22)18-16(23)14-19-15(12-8-5-9-24-12)21(20-14)11-6-3-2-4-7-11/h2-10H,1H3,(H2,17,22)(H,18,23). The number of thiophene rings is 1. The van der Waals surface area contributed by atoms with Gasteiger partial charge in [0, 0.05) is 0 Å². The van der Waals surface area contributed by atoms with Crippen LogP contribution in [0.5, 0.6) is 0 Å². The van der Waals surface area contributed by atoms with Gasteiger partial charge in [-0.3, -0.25) is 9.59 Å². The van der Waals surface area contributed by atoms with E-state index in [0.29, 0.717) is 5.82 Å². The van der Waals surface area contributed by atoms with Crippen LogP contribution in [0.15, 0.2) is 47.8 Å². The van der Waals surface area contributed by atoms with Gasteiger partial charge < -0.3 is 11.1 Å². The fourth-order valence-corrected chi connectivity index (χ4v) is 2.75. The molecule has 1 aromatic carbocycles. The van der Waals surface area contributed by atoms with Crippen LogP contribution >= 0.6 is 11.3 Å². The van der Waals surface area contributed by atoms with Gasteiger partial charge in [0.15, 0.2) is 5.82 Å². The highest BCUT2D eigenvalue weighted by Gasteiger charge is 2.21. The SMILES string of the molecule is CC(NC(=O)c1nc(-c2cccs2)n(-c2ccccc2)n1)C(N)=O. The van der Waals surface area contributed by atoms with Crippen molar-refractivity contribution in [3.05, 3.63) is 53.7 Å². The Morgan fingerprint density at radius 3 is 2.58 bits per heavy atom. The van der Waals surface area contributed by atoms with E-state index in [1.54, 1.807) is 4.68 Å². The number of nitrogens with one attached hydrogen (secondary N) is 1. The van der Waals surface area contributed by atoms with E-state index in [4.69, 9.17) is 5.73 Å². The third-order valence-corrected chi connectivity index (χ3v) is 4.19. The van der Waals surface area contributed by atoms with E-state index in [0.717, 1.165) is 10.6 Å². The predicted octanol–water partition coefficient (Wildman–Crippen LogP) is 1.60. The third-order valence-electron chi connectivity index (χ3n) is 3.33. The number of amides is 2. The molecule has 122 valence electrons. The highest BCUT2D eigenvalue weighted by atomic mass is 32.1. The third kappa shape index (κ3) is 3.18. The Labute approximate surface area is 142 Å². The molecule has 2 aromatic heterocycles. The number of nitrogens with zero attached hydrogens (tertiary/aromatic N) is 3. The molecule has 0 aliphatic rings. The monoisotopic (exact) mass is 341 g/mol. The Hall–Kier alpha value is -3.00. The Morgan fingerprint density at radius 1 is 1.21 bits per heavy atom. The first-order valence-corrected chi connectivity index (χ1v) is 8.11. The minimum atomic E-state index is -0.800. The van der Waals surface area contributed by atoms with E-state index >= 15 is 0 Å². The molecule has 2 heterocycles. The molecule has 3 N–H and O–H groups in total. The molecular weight excluding hydrogens is 326 g/mol. The molecule has 0 fully saturated rings. The van der Waals surface area contributed by atoms with Crippen molar-refractivity contribution in [2.75, 3.05) is 0 Å². The van der Waals surface area contributed by atoms with Crippen molar-refractivity contribution >= 4 is 23.2 Å². The zero-order chi connectivity index (χ0) is 17.1. The molecule has 0 aliphatic carbocycles. The van der Waals surface area contributed by atoms with Gasteiger partial charge in [0.25, 0.3) is 5.91 Å². The molecule has 0 bridgehead atoms. The van der Waals surface area contributed by atoms with Gasteiger partial charge in [-0.15, -0.1) is 16.4 Å². The second kappa shape index (κ2) is 6.63. The van der Waals surface area contributed by atoms with Crippen molar-refractivity contribution in [3.63, 3.8) is 0 Å². The van der Waals surface area contributed by atoms with Crippen LogP contribution in [0.25, 0.3) is 16.4 Å². The van der Waals surface area contributed by atoms with Gasteiger partial charge in [-0.1, -0.05) is 24.3 Å². The number of para-hydroxylation sites is 1. The molecule has 0 saturated heterocycles. The molecule has 24 heavy (non-hydrogen) atoms. The zero-order valence-corrected chi connectivity index (χ0v) is 13.7. The molecule has 0 saturated carbocycles. The summed E-state index contributed by atoms with van der Waals surface area (Å²) in [5.41, 5.74) is 5.96. The Kier molecular flexibility index (Phi) is 4.39. The smallest absolute Gasteiger partial charge is 0.291 e. The van der Waals surface area contributed by atoms with Gasteiger partial charge in [-0.2, -0.15) is 0 Å². The van der Waals surface area contributed by atoms with Crippen LogP contribution in [-0.2, 0) is 4.79 Å². The summed E-state index contributed by atoms with van der Waals surface area (Å²) in [5.74, 6) is -0.624. The van der Waals surface area contributed by atoms with Crippen molar-refractivity contribution in [1.82, 2.24) is 20.1 Å². The lowest BCUT2D eigenvalue weighted by molar-refractivity contribution is -0.119. The van der Waals surface area contributed by atoms with Gasteiger partial charge in [0.05, 0.1) is 10.6 Å². The number of carbonyl (C=O) groups is 2. The fraction of sp³-hybridized carbons (Fsp3) is 0.125. The molecule has 0 radical (unpaired) electrons. The molecule has 0 aliphatic heterocycles. The number of benzene rings is 1. The van der Waals surface area contributed by atoms with Crippen LogP contribution in [0.1, 0.15) is 17.5 Å². The average Bonchev–Trinajstić information content (AvgIpc) is 3.24. The van der Waals surface area contributed by atoms with Crippen LogP contribution in [0.2, 0.25) is 0 Å². The number of aromatic nitrogens is 3. The Balaban J connectivity index is 2.01. The van der Waals surface area contributed by atoms with E-state index in [9.17, 15) is 9.59 Å². The topological polar surface area (TPSA) is 103 Å². The first-order valence-electron chi connectivity index (χ1n) is 7.23. The number of nitrogens with two attached hydrogens (primary N) is 1. The van der Waals surface area contributed by atoms with E-state index in [1.165, 1.54) is 18.3 Å². The number of primary amides is 1. The van der Waals surface area contributed by atoms with Gasteiger partial charge >= 0.3 is 0 Å². The molecule has 1 unspecified atom stereocenters. The maximum Gasteiger partial charge on any atom is 0.291 e. The van der Waals surface area contributed by atoms with E-state index in [1.807, 2.05) is 47.8 Å². The lowest BCUT2D eigenvalue weighted by Crippen LogP contribution is -2.42. The molecule has 2 amide bonds. The number of hydrogen-bond acceptors (Lipinski definition) is 5. The average molecular weight is 341 g/mol. The van der Waals surface area contributed by atoms with E-state index < -0.39 is 17.9 Å². The van der Waals surface area contributed by atoms with Crippen molar-refractivity contribution in [1.29, 1.82) is 0 Å². The molecular formula is C16H15N5O2S. The fourth-order valence-electron chi connectivity index (χ4n) is 2.06. The molecule has 3 rings (SSSR count). The minimum absolute atomic E-state index is 0.0182. The van der Waals surface area contributed by atoms with Crippen molar-refractivity contribution in [3.8, 4) is 16.4 Å². The van der Waals surface area contributed by atoms with Crippen molar-refractivity contribution in [2.24, 2.45) is 5.73 Å². The molecule has 8 heteroatoms. The molecule has 7 nitrogen and oxygen atoms in total. The lowest BCUT2D eigenvalue weighted by atomic mass is 10.3. The van der Waals surface area contributed by atoms with E-state index in [-0.39, 0.29) is 5.82 Å². The quantitative estimate of drug-likeness (QED) is 0.735. The second-order valence-electron chi connectivity index (χ2n) is 5.08. The summed E-state index contributed by atoms with van der Waals surface area (Å²) in [6.45, 7) is 1.51. The van der Waals surface area contributed by atoms with Crippen molar-refractivity contribution in [2.45, 2.75) is 13.0 Å². The predicted molar refractivity (Wildman–Crippen MR) is 90.8 cm³/mol. The number of hydrogen-bond donors (Lipinski definition) is 2. The summed E-state index contributed by atoms with van der Waals surface area (Å²) < 4.78 is 1.61. The van der Waals surface area contributed by atoms with Crippen molar-refractivity contribution < 1.29 is 9.59 Å². The summed E-state index contributed by atoms with van der Waals surface area (Å²) in [6.07, 6.45) is 0. The number of carbonyl (C=O) groups excluding carboxylic acids is 2. The highest BCUT2D eigenvalue weighted by Crippen LogP contribution is 2.25. The maximum absolute atomic E-state index is 12.3. The Bertz CT molecular complexity index is 858. The molecule has 0 spiro atoms. The molecule has 1 atom stereocenters. The van der Waals surface area contributed by atoms with Gasteiger partial charge in [0.2, 0.25) is 11.7 Å². The first kappa shape index (κ1) is 15.9. The minimum Gasteiger partial charge on any atom is -0.368 e. The summed E-state index contributed by atoms with van der Waals surface area (Å²) in [5, 5.41) is 8.71. The normalized spacial score (nSPS) is 11.9. The Morgan fingerprint density at radius 2 is 1.96 bits per heavy atom. The summed E-state index contributed by atoms with van der Waals surface area (Å²) in [7, 11) is 0. The zero-order valence-electron chi connectivity index (χ0n) is 12.8.